The molecular formula is C17H27N3O5S. The zero-order valence-electron chi connectivity index (χ0n) is 15.4. The van der Waals surface area contributed by atoms with Gasteiger partial charge in [-0.25, -0.2) is 13.1 Å². The highest BCUT2D eigenvalue weighted by atomic mass is 32.2. The Morgan fingerprint density at radius 1 is 1.04 bits per heavy atom. The van der Waals surface area contributed by atoms with Gasteiger partial charge in [-0.05, 0) is 44.4 Å². The fourth-order valence-corrected chi connectivity index (χ4v) is 3.36. The van der Waals surface area contributed by atoms with E-state index in [1.54, 1.807) is 33.1 Å². The number of nitrogens with one attached hydrogen (secondary N) is 3. The van der Waals surface area contributed by atoms with Gasteiger partial charge in [0.05, 0.1) is 4.90 Å². The van der Waals surface area contributed by atoms with Crippen LogP contribution in [0.1, 0.15) is 25.8 Å². The van der Waals surface area contributed by atoms with E-state index in [0.29, 0.717) is 26.0 Å². The molecule has 0 spiro atoms. The van der Waals surface area contributed by atoms with E-state index in [4.69, 9.17) is 4.74 Å². The number of hydrogen-bond donors (Lipinski definition) is 3. The highest BCUT2D eigenvalue weighted by molar-refractivity contribution is 7.89. The summed E-state index contributed by atoms with van der Waals surface area (Å²) in [6.07, 6.45) is 1.12. The molecule has 0 saturated carbocycles. The monoisotopic (exact) mass is 385 g/mol. The molecule has 0 atom stereocenters. The molecule has 0 radical (unpaired) electrons. The number of amides is 2. The van der Waals surface area contributed by atoms with E-state index in [2.05, 4.69) is 15.4 Å². The number of carbonyl (C=O) groups is 2. The van der Waals surface area contributed by atoms with Crippen molar-refractivity contribution in [3.8, 4) is 0 Å². The molecule has 1 rings (SSSR count). The lowest BCUT2D eigenvalue weighted by Crippen LogP contribution is -2.41. The number of hydrogen-bond acceptors (Lipinski definition) is 5. The van der Waals surface area contributed by atoms with Crippen molar-refractivity contribution in [3.05, 3.63) is 29.8 Å². The summed E-state index contributed by atoms with van der Waals surface area (Å²) in [5.74, 6) is -1.37. The van der Waals surface area contributed by atoms with Gasteiger partial charge in [-0.2, -0.15) is 0 Å². The van der Waals surface area contributed by atoms with Gasteiger partial charge in [-0.1, -0.05) is 12.1 Å². The van der Waals surface area contributed by atoms with Crippen LogP contribution in [0.3, 0.4) is 0 Å². The molecule has 3 N–H and O–H groups in total. The maximum absolute atomic E-state index is 12.0. The molecule has 1 aromatic carbocycles. The Kier molecular flexibility index (Phi) is 9.25. The van der Waals surface area contributed by atoms with Crippen LogP contribution in [0.2, 0.25) is 0 Å². The first-order valence-corrected chi connectivity index (χ1v) is 9.91. The predicted octanol–water partition coefficient (Wildman–Crippen LogP) is 0.185. The average Bonchev–Trinajstić information content (AvgIpc) is 2.57. The number of benzene rings is 1. The van der Waals surface area contributed by atoms with Gasteiger partial charge in [0.1, 0.15) is 0 Å². The van der Waals surface area contributed by atoms with Crippen molar-refractivity contribution in [3.63, 3.8) is 0 Å². The zero-order valence-corrected chi connectivity index (χ0v) is 16.2. The molecular weight excluding hydrogens is 358 g/mol. The first kappa shape index (κ1) is 22.1. The Morgan fingerprint density at radius 3 is 2.15 bits per heavy atom. The maximum Gasteiger partial charge on any atom is 0.309 e. The molecule has 1 aromatic rings. The van der Waals surface area contributed by atoms with Crippen LogP contribution in [0.5, 0.6) is 0 Å². The summed E-state index contributed by atoms with van der Waals surface area (Å²) in [6.45, 7) is 4.67. The molecule has 146 valence electrons. The van der Waals surface area contributed by atoms with Crippen LogP contribution in [-0.4, -0.2) is 53.1 Å². The Morgan fingerprint density at radius 2 is 1.62 bits per heavy atom. The van der Waals surface area contributed by atoms with E-state index in [-0.39, 0.29) is 17.5 Å². The molecule has 2 amide bonds. The SMILES string of the molecule is COCCCNC(=O)C(=O)NCCc1ccc(S(=O)(=O)NC(C)C)cc1. The molecule has 8 nitrogen and oxygen atoms in total. The van der Waals surface area contributed by atoms with Crippen molar-refractivity contribution < 1.29 is 22.7 Å². The van der Waals surface area contributed by atoms with E-state index >= 15 is 0 Å². The van der Waals surface area contributed by atoms with Crippen molar-refractivity contribution in [1.29, 1.82) is 0 Å². The van der Waals surface area contributed by atoms with Gasteiger partial charge in [0.15, 0.2) is 0 Å². The Balaban J connectivity index is 2.42. The van der Waals surface area contributed by atoms with Crippen molar-refractivity contribution in [2.45, 2.75) is 37.6 Å². The van der Waals surface area contributed by atoms with Gasteiger partial charge in [0.25, 0.3) is 0 Å². The van der Waals surface area contributed by atoms with Crippen LogP contribution in [0.15, 0.2) is 29.2 Å². The number of sulfonamides is 1. The second-order valence-electron chi connectivity index (χ2n) is 6.03. The minimum atomic E-state index is -3.52. The summed E-state index contributed by atoms with van der Waals surface area (Å²) >= 11 is 0. The normalized spacial score (nSPS) is 11.4. The highest BCUT2D eigenvalue weighted by Gasteiger charge is 2.15. The van der Waals surface area contributed by atoms with Crippen LogP contribution < -0.4 is 15.4 Å². The van der Waals surface area contributed by atoms with Crippen LogP contribution in [0.4, 0.5) is 0 Å². The fourth-order valence-electron chi connectivity index (χ4n) is 2.11. The van der Waals surface area contributed by atoms with Gasteiger partial charge in [0, 0.05) is 32.8 Å². The lowest BCUT2D eigenvalue weighted by Gasteiger charge is -2.10. The maximum atomic E-state index is 12.0. The third-order valence-corrected chi connectivity index (χ3v) is 5.02. The first-order chi connectivity index (χ1) is 12.3. The molecule has 0 heterocycles. The van der Waals surface area contributed by atoms with E-state index in [9.17, 15) is 18.0 Å². The van der Waals surface area contributed by atoms with Crippen LogP contribution in [0, 0.1) is 0 Å². The van der Waals surface area contributed by atoms with Gasteiger partial charge in [0.2, 0.25) is 10.0 Å². The lowest BCUT2D eigenvalue weighted by molar-refractivity contribution is -0.139. The molecule has 0 aliphatic carbocycles. The minimum absolute atomic E-state index is 0.185. The largest absolute Gasteiger partial charge is 0.385 e. The minimum Gasteiger partial charge on any atom is -0.385 e. The quantitative estimate of drug-likeness (QED) is 0.393. The molecule has 0 fully saturated rings. The highest BCUT2D eigenvalue weighted by Crippen LogP contribution is 2.11. The summed E-state index contributed by atoms with van der Waals surface area (Å²) < 4.78 is 31.4. The van der Waals surface area contributed by atoms with E-state index in [1.807, 2.05) is 0 Å². The molecule has 0 aliphatic rings. The van der Waals surface area contributed by atoms with Gasteiger partial charge < -0.3 is 15.4 Å². The van der Waals surface area contributed by atoms with E-state index in [1.165, 1.54) is 12.1 Å². The van der Waals surface area contributed by atoms with Crippen molar-refractivity contribution in [2.24, 2.45) is 0 Å². The van der Waals surface area contributed by atoms with Crippen molar-refractivity contribution in [2.75, 3.05) is 26.8 Å². The van der Waals surface area contributed by atoms with Gasteiger partial charge in [-0.3, -0.25) is 9.59 Å². The number of ether oxygens (including phenoxy) is 1. The molecule has 0 bridgehead atoms. The van der Waals surface area contributed by atoms with Crippen LogP contribution >= 0.6 is 0 Å². The third-order valence-electron chi connectivity index (χ3n) is 3.34. The number of carbonyl (C=O) groups excluding carboxylic acids is 2. The van der Waals surface area contributed by atoms with Crippen LogP contribution in [0.25, 0.3) is 0 Å². The molecule has 0 aliphatic heterocycles. The molecule has 26 heavy (non-hydrogen) atoms. The lowest BCUT2D eigenvalue weighted by atomic mass is 10.1. The smallest absolute Gasteiger partial charge is 0.309 e. The molecule has 0 unspecified atom stereocenters. The first-order valence-electron chi connectivity index (χ1n) is 8.42. The Bertz CT molecular complexity index is 687. The Hall–Kier alpha value is -1.97. The Labute approximate surface area is 154 Å². The number of methoxy groups -OCH3 is 1. The van der Waals surface area contributed by atoms with Gasteiger partial charge >= 0.3 is 11.8 Å². The fraction of sp³-hybridized carbons (Fsp3) is 0.529. The number of rotatable bonds is 10. The topological polar surface area (TPSA) is 114 Å². The standard InChI is InChI=1S/C17H27N3O5S/c1-13(2)20-26(23,24)15-7-5-14(6-8-15)9-11-19-17(22)16(21)18-10-4-12-25-3/h5-8,13,20H,4,9-12H2,1-3H3,(H,18,21)(H,19,22). The van der Waals surface area contributed by atoms with Gasteiger partial charge in [-0.15, -0.1) is 0 Å². The third kappa shape index (κ3) is 7.94. The summed E-state index contributed by atoms with van der Waals surface area (Å²) in [6, 6.07) is 6.22. The predicted molar refractivity (Wildman–Crippen MR) is 98.1 cm³/mol. The molecule has 0 aromatic heterocycles. The van der Waals surface area contributed by atoms with Crippen molar-refractivity contribution >= 4 is 21.8 Å². The zero-order chi connectivity index (χ0) is 19.6. The summed E-state index contributed by atoms with van der Waals surface area (Å²) in [4.78, 5) is 23.4. The molecule has 0 saturated heterocycles. The summed E-state index contributed by atoms with van der Waals surface area (Å²) in [7, 11) is -1.95. The average molecular weight is 385 g/mol. The second-order valence-corrected chi connectivity index (χ2v) is 7.74. The molecule has 9 heteroatoms. The van der Waals surface area contributed by atoms with Crippen molar-refractivity contribution in [1.82, 2.24) is 15.4 Å². The summed E-state index contributed by atoms with van der Waals surface area (Å²) in [5, 5.41) is 5.03. The van der Waals surface area contributed by atoms with Crippen LogP contribution in [-0.2, 0) is 30.8 Å². The summed E-state index contributed by atoms with van der Waals surface area (Å²) in [5.41, 5.74) is 0.856. The van der Waals surface area contributed by atoms with E-state index < -0.39 is 21.8 Å². The van der Waals surface area contributed by atoms with E-state index in [0.717, 1.165) is 5.56 Å². The second kappa shape index (κ2) is 10.9.